The van der Waals surface area contributed by atoms with Crippen LogP contribution in [0.4, 0.5) is 14.9 Å². The third kappa shape index (κ3) is 5.45. The Morgan fingerprint density at radius 3 is 2.58 bits per heavy atom. The first kappa shape index (κ1) is 29.1. The number of fused-ring (bicyclic) bond motifs is 3. The molecule has 2 fully saturated rings. The first-order chi connectivity index (χ1) is 21.6. The number of nitrogens with zero attached hydrogens (tertiary/aromatic N) is 2. The summed E-state index contributed by atoms with van der Waals surface area (Å²) in [6, 6.07) is 12.5. The number of benzene rings is 3. The molecule has 0 radical (unpaired) electrons. The van der Waals surface area contributed by atoms with Gasteiger partial charge < -0.3 is 34.9 Å². The van der Waals surface area contributed by atoms with Crippen LogP contribution in [-0.4, -0.2) is 60.4 Å². The van der Waals surface area contributed by atoms with E-state index in [4.69, 9.17) is 9.47 Å². The average molecular weight is 614 g/mol. The van der Waals surface area contributed by atoms with Crippen molar-refractivity contribution < 1.29 is 23.5 Å². The summed E-state index contributed by atoms with van der Waals surface area (Å²) in [6.45, 7) is 7.67. The van der Waals surface area contributed by atoms with E-state index in [9.17, 15) is 14.4 Å². The highest BCUT2D eigenvalue weighted by Gasteiger charge is 2.34. The number of rotatable bonds is 4. The van der Waals surface area contributed by atoms with E-state index in [1.54, 1.807) is 31.5 Å². The standard InChI is InChI=1S/C34H36FN5O5/c1-34(2,3)45-33(43)38-22-10-12-39(17-22)29-25(35)15-23-28-31(29)44-27-14-20-8-5-4-7-19(20)13-26(27)40(28)18-24(30(23)41)32(42)37-21-9-6-11-36-16-21/h4-5,7-8,13-15,18,21-22,36H,6,9-12,16-17H2,1-3H3,(H,37,42)(H,38,43). The lowest BCUT2D eigenvalue weighted by Crippen LogP contribution is -2.46. The van der Waals surface area contributed by atoms with Crippen molar-refractivity contribution in [3.05, 3.63) is 70.3 Å². The number of alkyl carbamates (subject to hydrolysis) is 1. The van der Waals surface area contributed by atoms with Crippen LogP contribution in [0.3, 0.4) is 0 Å². The van der Waals surface area contributed by atoms with Crippen LogP contribution in [0.15, 0.2) is 53.5 Å². The molecule has 3 aromatic carbocycles. The molecule has 2 saturated heterocycles. The minimum atomic E-state index is -0.644. The van der Waals surface area contributed by atoms with Crippen molar-refractivity contribution in [3.8, 4) is 17.2 Å². The van der Waals surface area contributed by atoms with E-state index in [1.165, 1.54) is 6.07 Å². The highest BCUT2D eigenvalue weighted by Crippen LogP contribution is 2.48. The molecule has 0 aliphatic carbocycles. The van der Waals surface area contributed by atoms with E-state index in [0.717, 1.165) is 30.2 Å². The number of pyridine rings is 1. The van der Waals surface area contributed by atoms with Gasteiger partial charge in [0.05, 0.1) is 17.1 Å². The second-order valence-corrected chi connectivity index (χ2v) is 13.0. The Morgan fingerprint density at radius 1 is 1.07 bits per heavy atom. The summed E-state index contributed by atoms with van der Waals surface area (Å²) in [5, 5.41) is 11.1. The van der Waals surface area contributed by atoms with Crippen LogP contribution in [0.2, 0.25) is 0 Å². The molecule has 1 aromatic heterocycles. The lowest BCUT2D eigenvalue weighted by molar-refractivity contribution is 0.0508. The van der Waals surface area contributed by atoms with E-state index >= 15 is 4.39 Å². The molecule has 2 unspecified atom stereocenters. The third-order valence-corrected chi connectivity index (χ3v) is 8.57. The maximum absolute atomic E-state index is 16.2. The lowest BCUT2D eigenvalue weighted by Gasteiger charge is -2.30. The quantitative estimate of drug-likeness (QED) is 0.262. The molecule has 3 aliphatic rings. The van der Waals surface area contributed by atoms with E-state index < -0.39 is 28.8 Å². The fourth-order valence-electron chi connectivity index (χ4n) is 6.54. The predicted octanol–water partition coefficient (Wildman–Crippen LogP) is 4.97. The van der Waals surface area contributed by atoms with Gasteiger partial charge in [-0.15, -0.1) is 0 Å². The van der Waals surface area contributed by atoms with Crippen molar-refractivity contribution in [2.75, 3.05) is 31.1 Å². The first-order valence-corrected chi connectivity index (χ1v) is 15.4. The van der Waals surface area contributed by atoms with Gasteiger partial charge in [-0.3, -0.25) is 9.59 Å². The molecule has 0 spiro atoms. The highest BCUT2D eigenvalue weighted by molar-refractivity contribution is 6.02. The van der Waals surface area contributed by atoms with Crippen LogP contribution in [0.1, 0.15) is 50.4 Å². The van der Waals surface area contributed by atoms with Gasteiger partial charge in [0, 0.05) is 31.9 Å². The molecule has 3 aliphatic heterocycles. The normalized spacial score (nSPS) is 19.2. The largest absolute Gasteiger partial charge is 0.451 e. The fraction of sp³-hybridized carbons (Fsp3) is 0.382. The molecule has 4 heterocycles. The summed E-state index contributed by atoms with van der Waals surface area (Å²) in [4.78, 5) is 41.6. The third-order valence-electron chi connectivity index (χ3n) is 8.57. The molecular weight excluding hydrogens is 577 g/mol. The summed E-state index contributed by atoms with van der Waals surface area (Å²) < 4.78 is 29.9. The SMILES string of the molecule is CC(C)(C)OC(=O)NC1CCN(c2c(F)cc3c(=O)c(C(=O)NC4CCCNC4)cn4c3c2Oc2cc3ccccc3cc2-4)C1. The number of halogens is 1. The number of piperidine rings is 1. The number of carbonyl (C=O) groups excluding carboxylic acids is 2. The fourth-order valence-corrected chi connectivity index (χ4v) is 6.54. The molecule has 0 bridgehead atoms. The van der Waals surface area contributed by atoms with Gasteiger partial charge in [-0.05, 0) is 75.5 Å². The number of hydrogen-bond acceptors (Lipinski definition) is 7. The van der Waals surface area contributed by atoms with Gasteiger partial charge >= 0.3 is 6.09 Å². The van der Waals surface area contributed by atoms with Crippen molar-refractivity contribution >= 4 is 39.4 Å². The molecule has 10 nitrogen and oxygen atoms in total. The molecule has 11 heteroatoms. The minimum Gasteiger partial charge on any atom is -0.451 e. The predicted molar refractivity (Wildman–Crippen MR) is 170 cm³/mol. The van der Waals surface area contributed by atoms with Crippen LogP contribution >= 0.6 is 0 Å². The number of ether oxygens (including phenoxy) is 2. The van der Waals surface area contributed by atoms with Crippen molar-refractivity contribution in [1.29, 1.82) is 0 Å². The van der Waals surface area contributed by atoms with Gasteiger partial charge in [-0.25, -0.2) is 9.18 Å². The smallest absolute Gasteiger partial charge is 0.407 e. The van der Waals surface area contributed by atoms with Crippen LogP contribution in [0.25, 0.3) is 27.4 Å². The molecule has 0 saturated carbocycles. The summed E-state index contributed by atoms with van der Waals surface area (Å²) in [5.74, 6) is -0.457. The van der Waals surface area contributed by atoms with Crippen molar-refractivity contribution in [1.82, 2.24) is 20.5 Å². The first-order valence-electron chi connectivity index (χ1n) is 15.4. The monoisotopic (exact) mass is 613 g/mol. The maximum Gasteiger partial charge on any atom is 0.407 e. The molecule has 4 aromatic rings. The highest BCUT2D eigenvalue weighted by atomic mass is 19.1. The van der Waals surface area contributed by atoms with Gasteiger partial charge in [0.15, 0.2) is 17.3 Å². The Morgan fingerprint density at radius 2 is 1.84 bits per heavy atom. The van der Waals surface area contributed by atoms with Gasteiger partial charge in [0.25, 0.3) is 5.91 Å². The minimum absolute atomic E-state index is 0.0575. The number of nitrogens with one attached hydrogen (secondary N) is 3. The zero-order valence-corrected chi connectivity index (χ0v) is 25.5. The van der Waals surface area contributed by atoms with Crippen LogP contribution in [0.5, 0.6) is 11.5 Å². The Kier molecular flexibility index (Phi) is 7.15. The van der Waals surface area contributed by atoms with Gasteiger partial charge in [0.2, 0.25) is 5.43 Å². The maximum atomic E-state index is 16.2. The average Bonchev–Trinajstić information content (AvgIpc) is 3.44. The molecule has 234 valence electrons. The van der Waals surface area contributed by atoms with Gasteiger partial charge in [-0.2, -0.15) is 0 Å². The summed E-state index contributed by atoms with van der Waals surface area (Å²) >= 11 is 0. The number of hydrogen-bond donors (Lipinski definition) is 3. The lowest BCUT2D eigenvalue weighted by atomic mass is 10.0. The second-order valence-electron chi connectivity index (χ2n) is 13.0. The van der Waals surface area contributed by atoms with Crippen LogP contribution < -0.4 is 31.0 Å². The summed E-state index contributed by atoms with van der Waals surface area (Å²) in [6.07, 6.45) is 3.32. The Hall–Kier alpha value is -4.64. The van der Waals surface area contributed by atoms with E-state index in [2.05, 4.69) is 16.0 Å². The van der Waals surface area contributed by atoms with Gasteiger partial charge in [0.1, 0.15) is 22.4 Å². The summed E-state index contributed by atoms with van der Waals surface area (Å²) in [5.41, 5.74) is -0.0345. The number of aromatic nitrogens is 1. The molecule has 2 atom stereocenters. The second kappa shape index (κ2) is 11.1. The molecule has 3 N–H and O–H groups in total. The molecule has 2 amide bonds. The van der Waals surface area contributed by atoms with Crippen molar-refractivity contribution in [3.63, 3.8) is 0 Å². The van der Waals surface area contributed by atoms with Gasteiger partial charge in [-0.1, -0.05) is 24.3 Å². The number of amides is 2. The van der Waals surface area contributed by atoms with Crippen molar-refractivity contribution in [2.45, 2.75) is 57.7 Å². The molecular formula is C34H36FN5O5. The Bertz CT molecular complexity index is 1910. The number of carbonyl (C=O) groups is 2. The Labute approximate surface area is 259 Å². The Balaban J connectivity index is 1.34. The van der Waals surface area contributed by atoms with E-state index in [-0.39, 0.29) is 34.5 Å². The summed E-state index contributed by atoms with van der Waals surface area (Å²) in [7, 11) is 0. The number of anilines is 1. The van der Waals surface area contributed by atoms with E-state index in [1.807, 2.05) is 41.3 Å². The van der Waals surface area contributed by atoms with Crippen LogP contribution in [0, 0.1) is 5.82 Å². The van der Waals surface area contributed by atoms with Crippen LogP contribution in [-0.2, 0) is 4.74 Å². The topological polar surface area (TPSA) is 114 Å². The molecule has 7 rings (SSSR count). The van der Waals surface area contributed by atoms with E-state index in [0.29, 0.717) is 43.0 Å². The molecule has 45 heavy (non-hydrogen) atoms. The zero-order valence-electron chi connectivity index (χ0n) is 25.5. The van der Waals surface area contributed by atoms with Crippen molar-refractivity contribution in [2.24, 2.45) is 0 Å². The zero-order chi connectivity index (χ0) is 31.5.